The minimum Gasteiger partial charge on any atom is -0.352 e. The molecule has 0 saturated heterocycles. The maximum absolute atomic E-state index is 14.5. The smallest absolute Gasteiger partial charge is 0.247 e. The molecule has 1 aliphatic heterocycles. The number of fused-ring (bicyclic) bond motifs is 3. The summed E-state index contributed by atoms with van der Waals surface area (Å²) in [6.45, 7) is 2.09. The van der Waals surface area contributed by atoms with E-state index in [1.807, 2.05) is 31.2 Å². The first-order valence-electron chi connectivity index (χ1n) is 11.5. The molecule has 3 aliphatic rings. The SMILES string of the molecule is C[C@H](NC(=O)[C@@H]1Cc2ccccc2CN1S(=O)(=O)c1ccccc1F)[C@@H]1C[C@H]2CC[C@@H]1C2. The van der Waals surface area contributed by atoms with Crippen LogP contribution in [0.2, 0.25) is 0 Å². The average molecular weight is 457 g/mol. The summed E-state index contributed by atoms with van der Waals surface area (Å²) in [5, 5.41) is 3.14. The fourth-order valence-corrected chi connectivity index (χ4v) is 7.72. The maximum atomic E-state index is 14.5. The third-order valence-electron chi connectivity index (χ3n) is 7.74. The van der Waals surface area contributed by atoms with E-state index in [2.05, 4.69) is 5.32 Å². The minimum absolute atomic E-state index is 0.00649. The predicted octanol–water partition coefficient (Wildman–Crippen LogP) is 3.88. The molecule has 1 N–H and O–H groups in total. The number of halogens is 1. The van der Waals surface area contributed by atoms with Crippen molar-refractivity contribution in [3.05, 3.63) is 65.5 Å². The molecule has 5 rings (SSSR count). The number of nitrogens with zero attached hydrogens (tertiary/aromatic N) is 1. The third kappa shape index (κ3) is 3.75. The van der Waals surface area contributed by atoms with Gasteiger partial charge < -0.3 is 5.32 Å². The first-order valence-corrected chi connectivity index (χ1v) is 12.9. The van der Waals surface area contributed by atoms with Crippen molar-refractivity contribution >= 4 is 15.9 Å². The first kappa shape index (κ1) is 21.6. The van der Waals surface area contributed by atoms with E-state index >= 15 is 0 Å². The number of amides is 1. The van der Waals surface area contributed by atoms with Gasteiger partial charge in [-0.25, -0.2) is 12.8 Å². The van der Waals surface area contributed by atoms with Crippen LogP contribution in [0.1, 0.15) is 43.7 Å². The third-order valence-corrected chi connectivity index (χ3v) is 9.62. The molecule has 7 heteroatoms. The van der Waals surface area contributed by atoms with Gasteiger partial charge in [0.15, 0.2) is 0 Å². The summed E-state index contributed by atoms with van der Waals surface area (Å²) in [4.78, 5) is 13.1. The van der Waals surface area contributed by atoms with Crippen molar-refractivity contribution in [3.8, 4) is 0 Å². The van der Waals surface area contributed by atoms with E-state index in [1.54, 1.807) is 0 Å². The Labute approximate surface area is 189 Å². The van der Waals surface area contributed by atoms with E-state index in [0.717, 1.165) is 29.5 Å². The molecule has 2 bridgehead atoms. The molecule has 1 heterocycles. The zero-order chi connectivity index (χ0) is 22.5. The van der Waals surface area contributed by atoms with E-state index in [-0.39, 0.29) is 24.9 Å². The number of carbonyl (C=O) groups excluding carboxylic acids is 1. The quantitative estimate of drug-likeness (QED) is 0.743. The number of nitrogens with one attached hydrogen (secondary N) is 1. The van der Waals surface area contributed by atoms with Gasteiger partial charge in [0, 0.05) is 12.6 Å². The highest BCUT2D eigenvalue weighted by Gasteiger charge is 2.44. The summed E-state index contributed by atoms with van der Waals surface area (Å²) >= 11 is 0. The fourth-order valence-electron chi connectivity index (χ4n) is 6.09. The van der Waals surface area contributed by atoms with E-state index < -0.39 is 26.8 Å². The lowest BCUT2D eigenvalue weighted by Gasteiger charge is -2.36. The largest absolute Gasteiger partial charge is 0.352 e. The zero-order valence-corrected chi connectivity index (χ0v) is 19.0. The van der Waals surface area contributed by atoms with Gasteiger partial charge in [-0.2, -0.15) is 4.31 Å². The van der Waals surface area contributed by atoms with Crippen LogP contribution < -0.4 is 5.32 Å². The van der Waals surface area contributed by atoms with Gasteiger partial charge in [0.05, 0.1) is 0 Å². The molecule has 32 heavy (non-hydrogen) atoms. The van der Waals surface area contributed by atoms with Crippen molar-refractivity contribution in [2.75, 3.05) is 0 Å². The number of carbonyl (C=O) groups is 1. The van der Waals surface area contributed by atoms with Crippen molar-refractivity contribution in [2.24, 2.45) is 17.8 Å². The highest BCUT2D eigenvalue weighted by atomic mass is 32.2. The van der Waals surface area contributed by atoms with Gasteiger partial charge in [0.1, 0.15) is 16.8 Å². The second-order valence-corrected chi connectivity index (χ2v) is 11.5. The van der Waals surface area contributed by atoms with E-state index in [9.17, 15) is 17.6 Å². The molecular formula is C25H29FN2O3S. The Morgan fingerprint density at radius 2 is 1.78 bits per heavy atom. The Morgan fingerprint density at radius 1 is 1.06 bits per heavy atom. The zero-order valence-electron chi connectivity index (χ0n) is 18.2. The normalized spacial score (nSPS) is 28.3. The van der Waals surface area contributed by atoms with E-state index in [4.69, 9.17) is 0 Å². The van der Waals surface area contributed by atoms with Crippen LogP contribution in [0.4, 0.5) is 4.39 Å². The molecule has 2 aromatic carbocycles. The average Bonchev–Trinajstić information content (AvgIpc) is 3.42. The molecule has 2 fully saturated rings. The van der Waals surface area contributed by atoms with Crippen LogP contribution in [0.25, 0.3) is 0 Å². The Bertz CT molecular complexity index is 1140. The number of benzene rings is 2. The molecule has 170 valence electrons. The van der Waals surface area contributed by atoms with Gasteiger partial charge in [-0.1, -0.05) is 42.8 Å². The van der Waals surface area contributed by atoms with Crippen LogP contribution >= 0.6 is 0 Å². The second kappa shape index (κ2) is 8.27. The van der Waals surface area contributed by atoms with Crippen LogP contribution in [0.15, 0.2) is 53.4 Å². The van der Waals surface area contributed by atoms with Crippen molar-refractivity contribution in [1.29, 1.82) is 0 Å². The lowest BCUT2D eigenvalue weighted by Crippen LogP contribution is -2.55. The van der Waals surface area contributed by atoms with Gasteiger partial charge >= 0.3 is 0 Å². The second-order valence-electron chi connectivity index (χ2n) is 9.61. The predicted molar refractivity (Wildman–Crippen MR) is 120 cm³/mol. The highest BCUT2D eigenvalue weighted by Crippen LogP contribution is 2.49. The molecule has 2 aromatic rings. The summed E-state index contributed by atoms with van der Waals surface area (Å²) in [6.07, 6.45) is 5.17. The monoisotopic (exact) mass is 456 g/mol. The fraction of sp³-hybridized carbons (Fsp3) is 0.480. The molecule has 5 nitrogen and oxygen atoms in total. The van der Waals surface area contributed by atoms with Crippen molar-refractivity contribution in [2.45, 2.75) is 62.6 Å². The summed E-state index contributed by atoms with van der Waals surface area (Å²) in [5.74, 6) is 0.769. The number of hydrogen-bond donors (Lipinski definition) is 1. The standard InChI is InChI=1S/C25H29FN2O3S/c1-16(21-13-17-10-11-19(21)12-17)27-25(29)23-14-18-6-2-3-7-20(18)15-28(23)32(30,31)24-9-5-4-8-22(24)26/h2-9,16-17,19,21,23H,10-15H2,1H3,(H,27,29)/t16-,17-,19+,21-,23-/m0/s1. The number of hydrogen-bond acceptors (Lipinski definition) is 3. The van der Waals surface area contributed by atoms with Crippen LogP contribution in [-0.2, 0) is 27.8 Å². The lowest BCUT2D eigenvalue weighted by molar-refractivity contribution is -0.126. The lowest BCUT2D eigenvalue weighted by atomic mass is 9.84. The Kier molecular flexibility index (Phi) is 5.58. The summed E-state index contributed by atoms with van der Waals surface area (Å²) in [7, 11) is -4.20. The van der Waals surface area contributed by atoms with Crippen molar-refractivity contribution < 1.29 is 17.6 Å². The van der Waals surface area contributed by atoms with Gasteiger partial charge in [0.25, 0.3) is 0 Å². The minimum atomic E-state index is -4.20. The van der Waals surface area contributed by atoms with Gasteiger partial charge in [-0.15, -0.1) is 0 Å². The first-order chi connectivity index (χ1) is 15.3. The molecule has 5 atom stereocenters. The van der Waals surface area contributed by atoms with Crippen molar-refractivity contribution in [1.82, 2.24) is 9.62 Å². The topological polar surface area (TPSA) is 66.5 Å². The number of sulfonamides is 1. The molecule has 1 amide bonds. The maximum Gasteiger partial charge on any atom is 0.247 e. The van der Waals surface area contributed by atoms with E-state index in [0.29, 0.717) is 11.8 Å². The van der Waals surface area contributed by atoms with Crippen LogP contribution in [0.5, 0.6) is 0 Å². The number of rotatable bonds is 5. The Hall–Kier alpha value is -2.25. The van der Waals surface area contributed by atoms with E-state index in [1.165, 1.54) is 41.8 Å². The molecule has 2 saturated carbocycles. The molecule has 0 aromatic heterocycles. The summed E-state index contributed by atoms with van der Waals surface area (Å²) < 4.78 is 42.6. The molecular weight excluding hydrogens is 427 g/mol. The van der Waals surface area contributed by atoms with Gasteiger partial charge in [-0.3, -0.25) is 4.79 Å². The molecule has 0 spiro atoms. The van der Waals surface area contributed by atoms with Gasteiger partial charge in [0.2, 0.25) is 15.9 Å². The van der Waals surface area contributed by atoms with Crippen LogP contribution in [-0.4, -0.2) is 30.7 Å². The van der Waals surface area contributed by atoms with Crippen LogP contribution in [0, 0.1) is 23.6 Å². The summed E-state index contributed by atoms with van der Waals surface area (Å²) in [5.41, 5.74) is 1.80. The van der Waals surface area contributed by atoms with Crippen molar-refractivity contribution in [3.63, 3.8) is 0 Å². The summed E-state index contributed by atoms with van der Waals surface area (Å²) in [6, 6.07) is 12.0. The molecule has 0 unspecified atom stereocenters. The highest BCUT2D eigenvalue weighted by molar-refractivity contribution is 7.89. The molecule has 0 radical (unpaired) electrons. The Balaban J connectivity index is 1.44. The molecule has 2 aliphatic carbocycles. The van der Waals surface area contributed by atoms with Gasteiger partial charge in [-0.05, 0) is 73.6 Å². The Morgan fingerprint density at radius 3 is 2.47 bits per heavy atom. The van der Waals surface area contributed by atoms with Crippen LogP contribution in [0.3, 0.4) is 0 Å².